The summed E-state index contributed by atoms with van der Waals surface area (Å²) in [5.41, 5.74) is 0.961. The molecule has 8 nitrogen and oxygen atoms in total. The molecule has 1 fully saturated rings. The van der Waals surface area contributed by atoms with Crippen molar-refractivity contribution in [3.63, 3.8) is 0 Å². The fourth-order valence-electron chi connectivity index (χ4n) is 2.90. The summed E-state index contributed by atoms with van der Waals surface area (Å²) in [5.74, 6) is 0.441. The number of nitrogens with two attached hydrogens (primary N) is 1. The summed E-state index contributed by atoms with van der Waals surface area (Å²) >= 11 is 0. The fourth-order valence-corrected chi connectivity index (χ4v) is 3.42. The lowest BCUT2D eigenvalue weighted by atomic mass is 10.2. The Kier molecular flexibility index (Phi) is 5.30. The second-order valence-electron chi connectivity index (χ2n) is 6.06. The third-order valence-corrected chi connectivity index (χ3v) is 5.26. The van der Waals surface area contributed by atoms with Gasteiger partial charge in [-0.2, -0.15) is 0 Å². The van der Waals surface area contributed by atoms with Crippen LogP contribution in [0.2, 0.25) is 0 Å². The van der Waals surface area contributed by atoms with E-state index in [-0.39, 0.29) is 10.7 Å². The Morgan fingerprint density at radius 1 is 1.12 bits per heavy atom. The number of rotatable bonds is 5. The first-order valence-corrected chi connectivity index (χ1v) is 9.68. The van der Waals surface area contributed by atoms with Crippen LogP contribution in [0.1, 0.15) is 16.3 Å². The summed E-state index contributed by atoms with van der Waals surface area (Å²) in [6.45, 7) is 3.88. The highest BCUT2D eigenvalue weighted by molar-refractivity contribution is 7.89. The van der Waals surface area contributed by atoms with Gasteiger partial charge >= 0.3 is 5.97 Å². The molecule has 140 valence electrons. The maximum atomic E-state index is 11.4. The molecule has 0 amide bonds. The van der Waals surface area contributed by atoms with Crippen molar-refractivity contribution in [2.75, 3.05) is 38.2 Å². The minimum atomic E-state index is -3.67. The minimum absolute atomic E-state index is 0.110. The third kappa shape index (κ3) is 4.24. The van der Waals surface area contributed by atoms with Crippen molar-refractivity contribution in [3.8, 4) is 0 Å². The van der Waals surface area contributed by atoms with Gasteiger partial charge in [0.1, 0.15) is 5.76 Å². The van der Waals surface area contributed by atoms with Crippen molar-refractivity contribution < 1.29 is 22.4 Å². The zero-order valence-corrected chi connectivity index (χ0v) is 15.2. The molecule has 26 heavy (non-hydrogen) atoms. The molecule has 1 saturated heterocycles. The van der Waals surface area contributed by atoms with Crippen molar-refractivity contribution in [1.82, 2.24) is 4.90 Å². The molecule has 1 aliphatic rings. The van der Waals surface area contributed by atoms with Gasteiger partial charge in [-0.25, -0.2) is 18.4 Å². The molecule has 0 bridgehead atoms. The van der Waals surface area contributed by atoms with Crippen LogP contribution < -0.4 is 10.0 Å². The summed E-state index contributed by atoms with van der Waals surface area (Å²) in [4.78, 5) is 16.0. The van der Waals surface area contributed by atoms with Crippen molar-refractivity contribution in [1.29, 1.82) is 0 Å². The van der Waals surface area contributed by atoms with Crippen molar-refractivity contribution in [2.45, 2.75) is 11.4 Å². The first-order chi connectivity index (χ1) is 12.4. The van der Waals surface area contributed by atoms with Crippen LogP contribution in [0.5, 0.6) is 0 Å². The van der Waals surface area contributed by atoms with E-state index >= 15 is 0 Å². The summed E-state index contributed by atoms with van der Waals surface area (Å²) < 4.78 is 32.8. The molecule has 1 aromatic carbocycles. The highest BCUT2D eigenvalue weighted by Gasteiger charge is 2.20. The monoisotopic (exact) mass is 379 g/mol. The van der Waals surface area contributed by atoms with E-state index in [9.17, 15) is 13.2 Å². The van der Waals surface area contributed by atoms with E-state index in [1.165, 1.54) is 19.2 Å². The number of ether oxygens (including phenoxy) is 1. The molecule has 0 radical (unpaired) electrons. The molecular weight excluding hydrogens is 358 g/mol. The number of primary sulfonamides is 1. The Labute approximate surface area is 152 Å². The number of hydrogen-bond acceptors (Lipinski definition) is 7. The average Bonchev–Trinajstić information content (AvgIpc) is 3.09. The van der Waals surface area contributed by atoms with E-state index in [1.807, 2.05) is 0 Å². The van der Waals surface area contributed by atoms with Gasteiger partial charge in [0.05, 0.1) is 18.6 Å². The van der Waals surface area contributed by atoms with Gasteiger partial charge < -0.3 is 14.1 Å². The molecule has 1 aromatic heterocycles. The zero-order chi connectivity index (χ0) is 18.7. The van der Waals surface area contributed by atoms with Gasteiger partial charge in [-0.15, -0.1) is 0 Å². The standard InChI is InChI=1S/C17H21N3O5S/c1-24-17(21)16-7-4-14(25-16)12-19-8-10-20(11-9-19)13-2-5-15(6-3-13)26(18,22)23/h2-7H,8-12H2,1H3,(H2,18,22,23). The van der Waals surface area contributed by atoms with Crippen molar-refractivity contribution in [2.24, 2.45) is 5.14 Å². The number of benzene rings is 1. The fraction of sp³-hybridized carbons (Fsp3) is 0.353. The summed E-state index contributed by atoms with van der Waals surface area (Å²) in [7, 11) is -2.35. The van der Waals surface area contributed by atoms with E-state index in [0.717, 1.165) is 37.6 Å². The molecule has 1 aliphatic heterocycles. The third-order valence-electron chi connectivity index (χ3n) is 4.33. The van der Waals surface area contributed by atoms with Gasteiger partial charge in [0.15, 0.2) is 0 Å². The largest absolute Gasteiger partial charge is 0.463 e. The van der Waals surface area contributed by atoms with Gasteiger partial charge in [-0.1, -0.05) is 0 Å². The van der Waals surface area contributed by atoms with E-state index in [2.05, 4.69) is 14.5 Å². The SMILES string of the molecule is COC(=O)c1ccc(CN2CCN(c3ccc(S(N)(=O)=O)cc3)CC2)o1. The quantitative estimate of drug-likeness (QED) is 0.774. The van der Waals surface area contributed by atoms with Crippen LogP contribution in [-0.4, -0.2) is 52.6 Å². The molecule has 0 spiro atoms. The van der Waals surface area contributed by atoms with Crippen LogP contribution in [0, 0.1) is 0 Å². The van der Waals surface area contributed by atoms with E-state index in [4.69, 9.17) is 9.56 Å². The van der Waals surface area contributed by atoms with Crippen LogP contribution in [0.3, 0.4) is 0 Å². The molecule has 2 N–H and O–H groups in total. The average molecular weight is 379 g/mol. The number of methoxy groups -OCH3 is 1. The Morgan fingerprint density at radius 2 is 1.77 bits per heavy atom. The molecule has 3 rings (SSSR count). The predicted molar refractivity (Wildman–Crippen MR) is 95.4 cm³/mol. The van der Waals surface area contributed by atoms with Gasteiger partial charge in [0, 0.05) is 31.9 Å². The number of piperazine rings is 1. The lowest BCUT2D eigenvalue weighted by molar-refractivity contribution is 0.0561. The Morgan fingerprint density at radius 3 is 2.35 bits per heavy atom. The summed E-state index contributed by atoms with van der Waals surface area (Å²) in [6, 6.07) is 9.98. The normalized spacial score (nSPS) is 15.8. The predicted octanol–water partition coefficient (Wildman–Crippen LogP) is 1.04. The highest BCUT2D eigenvalue weighted by Crippen LogP contribution is 2.20. The number of carbonyl (C=O) groups excluding carboxylic acids is 1. The molecule has 0 atom stereocenters. The number of hydrogen-bond donors (Lipinski definition) is 1. The molecule has 0 aliphatic carbocycles. The van der Waals surface area contributed by atoms with Crippen LogP contribution in [-0.2, 0) is 21.3 Å². The topological polar surface area (TPSA) is 106 Å². The minimum Gasteiger partial charge on any atom is -0.463 e. The Hall–Kier alpha value is -2.36. The number of furan rings is 1. The van der Waals surface area contributed by atoms with Crippen molar-refractivity contribution in [3.05, 3.63) is 47.9 Å². The van der Waals surface area contributed by atoms with Crippen LogP contribution in [0.15, 0.2) is 45.7 Å². The first-order valence-electron chi connectivity index (χ1n) is 8.14. The van der Waals surface area contributed by atoms with E-state index in [0.29, 0.717) is 6.54 Å². The molecule has 0 unspecified atom stereocenters. The van der Waals surface area contributed by atoms with Crippen molar-refractivity contribution >= 4 is 21.7 Å². The Balaban J connectivity index is 1.56. The Bertz CT molecular complexity index is 868. The van der Waals surface area contributed by atoms with Gasteiger partial charge in [0.25, 0.3) is 0 Å². The molecule has 2 aromatic rings. The molecular formula is C17H21N3O5S. The molecule has 9 heteroatoms. The second kappa shape index (κ2) is 7.48. The first kappa shape index (κ1) is 18.4. The zero-order valence-electron chi connectivity index (χ0n) is 14.4. The van der Waals surface area contributed by atoms with Crippen LogP contribution >= 0.6 is 0 Å². The smallest absolute Gasteiger partial charge is 0.373 e. The van der Waals surface area contributed by atoms with Gasteiger partial charge in [-0.3, -0.25) is 4.90 Å². The number of sulfonamides is 1. The maximum absolute atomic E-state index is 11.4. The number of anilines is 1. The number of esters is 1. The highest BCUT2D eigenvalue weighted by atomic mass is 32.2. The lowest BCUT2D eigenvalue weighted by Gasteiger charge is -2.35. The lowest BCUT2D eigenvalue weighted by Crippen LogP contribution is -2.45. The van der Waals surface area contributed by atoms with E-state index in [1.54, 1.807) is 24.3 Å². The van der Waals surface area contributed by atoms with Gasteiger partial charge in [-0.05, 0) is 36.4 Å². The number of nitrogens with zero attached hydrogens (tertiary/aromatic N) is 2. The second-order valence-corrected chi connectivity index (χ2v) is 7.62. The molecule has 0 saturated carbocycles. The van der Waals surface area contributed by atoms with Crippen LogP contribution in [0.25, 0.3) is 0 Å². The van der Waals surface area contributed by atoms with Gasteiger partial charge in [0.2, 0.25) is 15.8 Å². The summed E-state index contributed by atoms with van der Waals surface area (Å²) in [5, 5.41) is 5.12. The summed E-state index contributed by atoms with van der Waals surface area (Å²) in [6.07, 6.45) is 0. The molecule has 2 heterocycles. The van der Waals surface area contributed by atoms with E-state index < -0.39 is 16.0 Å². The number of carbonyl (C=O) groups is 1. The maximum Gasteiger partial charge on any atom is 0.373 e. The van der Waals surface area contributed by atoms with Crippen LogP contribution in [0.4, 0.5) is 5.69 Å².